The fraction of sp³-hybridized carbons (Fsp3) is 0.240. The summed E-state index contributed by atoms with van der Waals surface area (Å²) in [6.07, 6.45) is 1.73. The highest BCUT2D eigenvalue weighted by atomic mass is 32.2. The second-order valence-electron chi connectivity index (χ2n) is 8.62. The van der Waals surface area contributed by atoms with Gasteiger partial charge in [0.25, 0.3) is 0 Å². The number of ether oxygens (including phenoxy) is 1. The molecule has 0 aliphatic heterocycles. The van der Waals surface area contributed by atoms with Crippen LogP contribution in [0.15, 0.2) is 64.1 Å². The Bertz CT molecular complexity index is 1350. The summed E-state index contributed by atoms with van der Waals surface area (Å²) < 4.78 is 36.9. The summed E-state index contributed by atoms with van der Waals surface area (Å²) in [6, 6.07) is 12.1. The van der Waals surface area contributed by atoms with Crippen LogP contribution in [0.2, 0.25) is 0 Å². The molecule has 0 aliphatic carbocycles. The molecule has 0 saturated heterocycles. The number of furan rings is 1. The zero-order valence-electron chi connectivity index (χ0n) is 19.4. The standard InChI is InChI=1S/C25H25NO8S/c1-25(2,3)34-24(30)22-16(15-35(31,32)17-7-5-4-6-8-17)9-10-19(23(22)26-21(29)14-28)18-11-12-33-20(18)13-27/h4-13,28H,14-15H2,1-3H3,(H,26,29). The highest BCUT2D eigenvalue weighted by Gasteiger charge is 2.30. The highest BCUT2D eigenvalue weighted by molar-refractivity contribution is 7.90. The third kappa shape index (κ3) is 6.03. The maximum absolute atomic E-state index is 13.3. The minimum Gasteiger partial charge on any atom is -0.461 e. The first-order chi connectivity index (χ1) is 16.5. The first kappa shape index (κ1) is 25.9. The number of esters is 1. The van der Waals surface area contributed by atoms with Crippen molar-refractivity contribution in [1.29, 1.82) is 0 Å². The average molecular weight is 500 g/mol. The van der Waals surface area contributed by atoms with Crippen molar-refractivity contribution in [2.24, 2.45) is 0 Å². The van der Waals surface area contributed by atoms with E-state index >= 15 is 0 Å². The lowest BCUT2D eigenvalue weighted by molar-refractivity contribution is -0.118. The Morgan fingerprint density at radius 1 is 1.06 bits per heavy atom. The van der Waals surface area contributed by atoms with Crippen molar-refractivity contribution in [1.82, 2.24) is 0 Å². The Morgan fingerprint density at radius 3 is 2.34 bits per heavy atom. The van der Waals surface area contributed by atoms with Crippen molar-refractivity contribution < 1.29 is 37.1 Å². The van der Waals surface area contributed by atoms with E-state index in [9.17, 15) is 27.9 Å². The molecule has 3 aromatic rings. The number of anilines is 1. The molecule has 0 fully saturated rings. The average Bonchev–Trinajstić information content (AvgIpc) is 3.27. The number of hydrogen-bond donors (Lipinski definition) is 2. The number of aldehydes is 1. The third-order valence-corrected chi connectivity index (χ3v) is 6.52. The molecule has 0 radical (unpaired) electrons. The molecule has 0 atom stereocenters. The van der Waals surface area contributed by atoms with Crippen LogP contribution < -0.4 is 5.32 Å². The number of sulfone groups is 1. The number of nitrogens with one attached hydrogen (secondary N) is 1. The van der Waals surface area contributed by atoms with E-state index in [0.717, 1.165) is 0 Å². The van der Waals surface area contributed by atoms with Crippen molar-refractivity contribution in [2.45, 2.75) is 37.0 Å². The number of rotatable bonds is 8. The normalized spacial score (nSPS) is 11.7. The van der Waals surface area contributed by atoms with Gasteiger partial charge in [-0.3, -0.25) is 9.59 Å². The molecule has 10 heteroatoms. The first-order valence-corrected chi connectivity index (χ1v) is 12.2. The topological polar surface area (TPSA) is 140 Å². The fourth-order valence-corrected chi connectivity index (χ4v) is 4.80. The van der Waals surface area contributed by atoms with Crippen LogP contribution in [0.5, 0.6) is 0 Å². The van der Waals surface area contributed by atoms with Crippen LogP contribution in [0.4, 0.5) is 5.69 Å². The van der Waals surface area contributed by atoms with Gasteiger partial charge < -0.3 is 19.6 Å². The van der Waals surface area contributed by atoms with Gasteiger partial charge in [-0.15, -0.1) is 0 Å². The quantitative estimate of drug-likeness (QED) is 0.354. The molecular weight excluding hydrogens is 474 g/mol. The van der Waals surface area contributed by atoms with E-state index in [1.54, 1.807) is 39.0 Å². The van der Waals surface area contributed by atoms with Crippen molar-refractivity contribution in [3.05, 3.63) is 71.7 Å². The largest absolute Gasteiger partial charge is 0.461 e. The van der Waals surface area contributed by atoms with Crippen molar-refractivity contribution in [3.63, 3.8) is 0 Å². The molecule has 9 nitrogen and oxygen atoms in total. The van der Waals surface area contributed by atoms with Crippen LogP contribution in [0.3, 0.4) is 0 Å². The van der Waals surface area contributed by atoms with Crippen LogP contribution >= 0.6 is 0 Å². The molecule has 184 valence electrons. The van der Waals surface area contributed by atoms with Crippen LogP contribution in [0.1, 0.15) is 47.2 Å². The zero-order chi connectivity index (χ0) is 25.8. The zero-order valence-corrected chi connectivity index (χ0v) is 20.2. The first-order valence-electron chi connectivity index (χ1n) is 10.6. The van der Waals surface area contributed by atoms with Gasteiger partial charge in [0.05, 0.1) is 28.2 Å². The molecule has 1 amide bonds. The smallest absolute Gasteiger partial charge is 0.341 e. The maximum atomic E-state index is 13.3. The summed E-state index contributed by atoms with van der Waals surface area (Å²) in [6.45, 7) is 4.02. The van der Waals surface area contributed by atoms with Gasteiger partial charge in [0.15, 0.2) is 21.9 Å². The summed E-state index contributed by atoms with van der Waals surface area (Å²) in [5.74, 6) is -2.37. The second-order valence-corrected chi connectivity index (χ2v) is 10.6. The van der Waals surface area contributed by atoms with E-state index in [1.165, 1.54) is 36.6 Å². The van der Waals surface area contributed by atoms with E-state index < -0.39 is 39.7 Å². The molecule has 35 heavy (non-hydrogen) atoms. The molecule has 0 bridgehead atoms. The van der Waals surface area contributed by atoms with Gasteiger partial charge in [-0.2, -0.15) is 0 Å². The molecule has 3 rings (SSSR count). The number of amides is 1. The lowest BCUT2D eigenvalue weighted by Crippen LogP contribution is -2.27. The number of benzene rings is 2. The van der Waals surface area contributed by atoms with Crippen LogP contribution in [-0.2, 0) is 25.1 Å². The number of hydrogen-bond acceptors (Lipinski definition) is 8. The van der Waals surface area contributed by atoms with Gasteiger partial charge in [0.1, 0.15) is 12.2 Å². The summed E-state index contributed by atoms with van der Waals surface area (Å²) in [4.78, 5) is 37.1. The van der Waals surface area contributed by atoms with Gasteiger partial charge in [-0.1, -0.05) is 30.3 Å². The van der Waals surface area contributed by atoms with Gasteiger partial charge in [0, 0.05) is 11.1 Å². The third-order valence-electron chi connectivity index (χ3n) is 4.84. The summed E-state index contributed by atoms with van der Waals surface area (Å²) in [5, 5.41) is 11.8. The molecule has 0 spiro atoms. The molecule has 0 aliphatic rings. The lowest BCUT2D eigenvalue weighted by atomic mass is 9.96. The van der Waals surface area contributed by atoms with Crippen molar-refractivity contribution in [3.8, 4) is 11.1 Å². The number of aliphatic hydroxyl groups excluding tert-OH is 1. The van der Waals surface area contributed by atoms with Gasteiger partial charge in [0.2, 0.25) is 5.91 Å². The van der Waals surface area contributed by atoms with Gasteiger partial charge in [-0.05, 0) is 44.5 Å². The highest BCUT2D eigenvalue weighted by Crippen LogP contribution is 2.37. The van der Waals surface area contributed by atoms with E-state index in [2.05, 4.69) is 5.32 Å². The van der Waals surface area contributed by atoms with Crippen molar-refractivity contribution >= 4 is 33.7 Å². The molecule has 0 saturated carbocycles. The second kappa shape index (κ2) is 10.2. The molecular formula is C25H25NO8S. The Labute approximate surface area is 202 Å². The SMILES string of the molecule is CC(C)(C)OC(=O)c1c(CS(=O)(=O)c2ccccc2)ccc(-c2ccoc2C=O)c1NC(=O)CO. The van der Waals surface area contributed by atoms with Crippen LogP contribution in [0.25, 0.3) is 11.1 Å². The molecule has 0 unspecified atom stereocenters. The Hall–Kier alpha value is -3.76. The molecule has 1 heterocycles. The molecule has 2 aromatic carbocycles. The van der Waals surface area contributed by atoms with Crippen LogP contribution in [-0.4, -0.2) is 43.9 Å². The van der Waals surface area contributed by atoms with E-state index in [4.69, 9.17) is 9.15 Å². The van der Waals surface area contributed by atoms with E-state index in [0.29, 0.717) is 6.29 Å². The summed E-state index contributed by atoms with van der Waals surface area (Å²) in [7, 11) is -3.89. The Kier molecular flexibility index (Phi) is 7.57. The van der Waals surface area contributed by atoms with Crippen molar-refractivity contribution in [2.75, 3.05) is 11.9 Å². The maximum Gasteiger partial charge on any atom is 0.341 e. The molecule has 2 N–H and O–H groups in total. The summed E-state index contributed by atoms with van der Waals surface area (Å²) >= 11 is 0. The monoisotopic (exact) mass is 499 g/mol. The number of carbonyl (C=O) groups is 3. The van der Waals surface area contributed by atoms with Gasteiger partial charge in [-0.25, -0.2) is 13.2 Å². The molecule has 1 aromatic heterocycles. The Morgan fingerprint density at radius 2 is 1.74 bits per heavy atom. The predicted molar refractivity (Wildman–Crippen MR) is 128 cm³/mol. The summed E-state index contributed by atoms with van der Waals surface area (Å²) in [5.41, 5.74) is -0.721. The van der Waals surface area contributed by atoms with E-state index in [-0.39, 0.29) is 38.6 Å². The van der Waals surface area contributed by atoms with E-state index in [1.807, 2.05) is 0 Å². The Balaban J connectivity index is 2.28. The minimum absolute atomic E-state index is 0.0539. The number of carbonyl (C=O) groups excluding carboxylic acids is 3. The lowest BCUT2D eigenvalue weighted by Gasteiger charge is -2.23. The van der Waals surface area contributed by atoms with Crippen LogP contribution in [0, 0.1) is 0 Å². The predicted octanol–water partition coefficient (Wildman–Crippen LogP) is 3.62. The van der Waals surface area contributed by atoms with Gasteiger partial charge >= 0.3 is 5.97 Å². The fourth-order valence-electron chi connectivity index (χ4n) is 3.41. The number of aliphatic hydroxyl groups is 1. The minimum atomic E-state index is -3.89.